The maximum Gasteiger partial charge on any atom is 0.317 e. The van der Waals surface area contributed by atoms with E-state index >= 15 is 0 Å². The number of halogens is 2. The lowest BCUT2D eigenvalue weighted by atomic mass is 10.2. The van der Waals surface area contributed by atoms with Crippen molar-refractivity contribution in [3.63, 3.8) is 0 Å². The zero-order chi connectivity index (χ0) is 9.19. The van der Waals surface area contributed by atoms with E-state index in [0.717, 1.165) is 11.3 Å². The van der Waals surface area contributed by atoms with Crippen LogP contribution in [0.5, 0.6) is 0 Å². The van der Waals surface area contributed by atoms with Gasteiger partial charge in [-0.2, -0.15) is 0 Å². The standard InChI is InChI=1S/C7H12F2N2O/c1-2-3-10-6(12)11-4-7(8,9)5-11/h2-5H2,1H3,(H,10,12). The van der Waals surface area contributed by atoms with E-state index in [1.54, 1.807) is 0 Å². The molecule has 1 rings (SSSR count). The van der Waals surface area contributed by atoms with Gasteiger partial charge in [0.15, 0.2) is 0 Å². The van der Waals surface area contributed by atoms with Crippen LogP contribution in [0.25, 0.3) is 0 Å². The number of carbonyl (C=O) groups excluding carboxylic acids is 1. The van der Waals surface area contributed by atoms with Gasteiger partial charge in [0.05, 0.1) is 13.1 Å². The van der Waals surface area contributed by atoms with Gasteiger partial charge in [0.1, 0.15) is 0 Å². The molecule has 1 heterocycles. The van der Waals surface area contributed by atoms with Crippen molar-refractivity contribution in [3.05, 3.63) is 0 Å². The third-order valence-corrected chi connectivity index (χ3v) is 1.66. The lowest BCUT2D eigenvalue weighted by Crippen LogP contribution is -2.60. The Morgan fingerprint density at radius 3 is 2.58 bits per heavy atom. The summed E-state index contributed by atoms with van der Waals surface area (Å²) < 4.78 is 24.5. The summed E-state index contributed by atoms with van der Waals surface area (Å²) in [6, 6.07) is -0.386. The molecule has 0 aromatic rings. The molecule has 0 saturated carbocycles. The van der Waals surface area contributed by atoms with Gasteiger partial charge in [-0.05, 0) is 6.42 Å². The quantitative estimate of drug-likeness (QED) is 0.673. The number of hydrogen-bond donors (Lipinski definition) is 1. The SMILES string of the molecule is CCCNC(=O)N1CC(F)(F)C1. The van der Waals surface area contributed by atoms with E-state index in [2.05, 4.69) is 5.32 Å². The van der Waals surface area contributed by atoms with Crippen molar-refractivity contribution >= 4 is 6.03 Å². The van der Waals surface area contributed by atoms with Crippen LogP contribution in [-0.2, 0) is 0 Å². The van der Waals surface area contributed by atoms with Gasteiger partial charge in [-0.3, -0.25) is 0 Å². The van der Waals surface area contributed by atoms with E-state index < -0.39 is 19.0 Å². The molecule has 70 valence electrons. The highest BCUT2D eigenvalue weighted by Gasteiger charge is 2.46. The van der Waals surface area contributed by atoms with Gasteiger partial charge in [-0.25, -0.2) is 13.6 Å². The molecule has 3 nitrogen and oxygen atoms in total. The minimum absolute atomic E-state index is 0.386. The predicted octanol–water partition coefficient (Wildman–Crippen LogP) is 1.06. The first-order valence-electron chi connectivity index (χ1n) is 3.96. The highest BCUT2D eigenvalue weighted by Crippen LogP contribution is 2.26. The number of nitrogens with zero attached hydrogens (tertiary/aromatic N) is 1. The zero-order valence-electron chi connectivity index (χ0n) is 6.94. The van der Waals surface area contributed by atoms with Crippen molar-refractivity contribution in [1.29, 1.82) is 0 Å². The second-order valence-corrected chi connectivity index (χ2v) is 2.94. The number of carbonyl (C=O) groups is 1. The molecule has 2 amide bonds. The molecule has 0 aromatic heterocycles. The molecular formula is C7H12F2N2O. The molecule has 5 heteroatoms. The molecule has 1 aliphatic heterocycles. The topological polar surface area (TPSA) is 32.3 Å². The van der Waals surface area contributed by atoms with Crippen molar-refractivity contribution in [3.8, 4) is 0 Å². The second kappa shape index (κ2) is 3.25. The molecule has 0 spiro atoms. The average molecular weight is 178 g/mol. The fraction of sp³-hybridized carbons (Fsp3) is 0.857. The van der Waals surface area contributed by atoms with Gasteiger partial charge in [-0.1, -0.05) is 6.92 Å². The maximum absolute atomic E-state index is 12.2. The van der Waals surface area contributed by atoms with Gasteiger partial charge in [-0.15, -0.1) is 0 Å². The highest BCUT2D eigenvalue weighted by molar-refractivity contribution is 5.75. The van der Waals surface area contributed by atoms with Crippen LogP contribution in [0.1, 0.15) is 13.3 Å². The van der Waals surface area contributed by atoms with E-state index in [9.17, 15) is 13.6 Å². The van der Waals surface area contributed by atoms with Gasteiger partial charge >= 0.3 is 6.03 Å². The van der Waals surface area contributed by atoms with Crippen molar-refractivity contribution in [1.82, 2.24) is 10.2 Å². The molecule has 0 aliphatic carbocycles. The third kappa shape index (κ3) is 2.06. The first-order valence-corrected chi connectivity index (χ1v) is 3.96. The average Bonchev–Trinajstić information content (AvgIpc) is 1.95. The number of nitrogens with one attached hydrogen (secondary N) is 1. The number of likely N-dealkylation sites (tertiary alicyclic amines) is 1. The molecule has 1 fully saturated rings. The van der Waals surface area contributed by atoms with Crippen molar-refractivity contribution in [2.75, 3.05) is 19.6 Å². The number of urea groups is 1. The van der Waals surface area contributed by atoms with Gasteiger partial charge in [0.25, 0.3) is 5.92 Å². The molecule has 1 N–H and O–H groups in total. The Labute approximate surface area is 69.7 Å². The van der Waals surface area contributed by atoms with E-state index in [4.69, 9.17) is 0 Å². The van der Waals surface area contributed by atoms with Crippen LogP contribution in [-0.4, -0.2) is 36.5 Å². The molecule has 1 aliphatic rings. The molecule has 12 heavy (non-hydrogen) atoms. The molecule has 0 atom stereocenters. The number of amides is 2. The van der Waals surface area contributed by atoms with Gasteiger partial charge in [0, 0.05) is 6.54 Å². The molecule has 1 saturated heterocycles. The van der Waals surface area contributed by atoms with Crippen LogP contribution >= 0.6 is 0 Å². The highest BCUT2D eigenvalue weighted by atomic mass is 19.3. The summed E-state index contributed by atoms with van der Waals surface area (Å²) in [6.45, 7) is 1.57. The van der Waals surface area contributed by atoms with Crippen LogP contribution in [0.15, 0.2) is 0 Å². The molecule has 0 aromatic carbocycles. The Balaban J connectivity index is 2.19. The predicted molar refractivity (Wildman–Crippen MR) is 40.2 cm³/mol. The van der Waals surface area contributed by atoms with Crippen LogP contribution in [0.4, 0.5) is 13.6 Å². The lowest BCUT2D eigenvalue weighted by molar-refractivity contribution is -0.109. The van der Waals surface area contributed by atoms with Crippen LogP contribution in [0.2, 0.25) is 0 Å². The zero-order valence-corrected chi connectivity index (χ0v) is 6.94. The van der Waals surface area contributed by atoms with E-state index in [1.807, 2.05) is 6.92 Å². The summed E-state index contributed by atoms with van der Waals surface area (Å²) in [6.07, 6.45) is 0.815. The van der Waals surface area contributed by atoms with Crippen LogP contribution < -0.4 is 5.32 Å². The summed E-state index contributed by atoms with van der Waals surface area (Å²) >= 11 is 0. The number of alkyl halides is 2. The minimum atomic E-state index is -2.66. The van der Waals surface area contributed by atoms with Crippen molar-refractivity contribution in [2.24, 2.45) is 0 Å². The molecule has 0 unspecified atom stereocenters. The normalized spacial score (nSPS) is 20.1. The minimum Gasteiger partial charge on any atom is -0.338 e. The Kier molecular flexibility index (Phi) is 2.49. The lowest BCUT2D eigenvalue weighted by Gasteiger charge is -2.38. The summed E-state index contributed by atoms with van der Waals surface area (Å²) in [4.78, 5) is 12.1. The fourth-order valence-corrected chi connectivity index (χ4v) is 1.000. The van der Waals surface area contributed by atoms with Crippen molar-refractivity contribution < 1.29 is 13.6 Å². The first kappa shape index (κ1) is 9.22. The molecule has 0 bridgehead atoms. The van der Waals surface area contributed by atoms with E-state index in [0.29, 0.717) is 6.54 Å². The third-order valence-electron chi connectivity index (χ3n) is 1.66. The Hall–Kier alpha value is -0.870. The van der Waals surface area contributed by atoms with Crippen LogP contribution in [0, 0.1) is 0 Å². The summed E-state index contributed by atoms with van der Waals surface area (Å²) in [5.74, 6) is -2.66. The Morgan fingerprint density at radius 2 is 2.17 bits per heavy atom. The molecular weight excluding hydrogens is 166 g/mol. The van der Waals surface area contributed by atoms with E-state index in [-0.39, 0.29) is 6.03 Å². The Bertz CT molecular complexity index is 176. The van der Waals surface area contributed by atoms with Crippen molar-refractivity contribution in [2.45, 2.75) is 19.3 Å². The largest absolute Gasteiger partial charge is 0.338 e. The smallest absolute Gasteiger partial charge is 0.317 e. The van der Waals surface area contributed by atoms with Gasteiger partial charge < -0.3 is 10.2 Å². The summed E-state index contributed by atoms with van der Waals surface area (Å²) in [5, 5.41) is 2.53. The van der Waals surface area contributed by atoms with Gasteiger partial charge in [0.2, 0.25) is 0 Å². The van der Waals surface area contributed by atoms with E-state index in [1.165, 1.54) is 0 Å². The first-order chi connectivity index (χ1) is 5.55. The summed E-state index contributed by atoms with van der Waals surface area (Å²) in [5.41, 5.74) is 0. The maximum atomic E-state index is 12.2. The fourth-order valence-electron chi connectivity index (χ4n) is 1.000. The van der Waals surface area contributed by atoms with Crippen LogP contribution in [0.3, 0.4) is 0 Å². The summed E-state index contributed by atoms with van der Waals surface area (Å²) in [7, 11) is 0. The second-order valence-electron chi connectivity index (χ2n) is 2.94. The molecule has 0 radical (unpaired) electrons. The number of hydrogen-bond acceptors (Lipinski definition) is 1. The monoisotopic (exact) mass is 178 g/mol. The Morgan fingerprint density at radius 1 is 1.58 bits per heavy atom. The number of rotatable bonds is 2.